The van der Waals surface area contributed by atoms with Gasteiger partial charge in [0.1, 0.15) is 0 Å². The van der Waals surface area contributed by atoms with E-state index in [4.69, 9.17) is 0 Å². The van der Waals surface area contributed by atoms with Gasteiger partial charge in [0.2, 0.25) is 0 Å². The third-order valence-corrected chi connectivity index (χ3v) is 4.76. The Kier molecular flexibility index (Phi) is 5.59. The van der Waals surface area contributed by atoms with Crippen LogP contribution in [0.3, 0.4) is 0 Å². The van der Waals surface area contributed by atoms with Crippen LogP contribution in [0.15, 0.2) is 18.7 Å². The van der Waals surface area contributed by atoms with E-state index in [2.05, 4.69) is 11.1 Å². The summed E-state index contributed by atoms with van der Waals surface area (Å²) >= 11 is 0. The first-order chi connectivity index (χ1) is 10.4. The molecule has 0 spiro atoms. The number of nitrogens with zero attached hydrogens (tertiary/aromatic N) is 2. The average Bonchev–Trinajstić information content (AvgIpc) is 2.97. The van der Waals surface area contributed by atoms with Crippen LogP contribution < -0.4 is 0 Å². The molecule has 22 heavy (non-hydrogen) atoms. The van der Waals surface area contributed by atoms with Crippen LogP contribution in [-0.2, 0) is 6.54 Å². The maximum Gasteiger partial charge on any atom is 0.178 e. The number of carbonyl (C=O) groups is 1. The quantitative estimate of drug-likeness (QED) is 0.622. The van der Waals surface area contributed by atoms with Crippen molar-refractivity contribution in [1.29, 1.82) is 0 Å². The smallest absolute Gasteiger partial charge is 0.178 e. The number of hydrogen-bond donors (Lipinski definition) is 1. The van der Waals surface area contributed by atoms with Gasteiger partial charge in [-0.2, -0.15) is 0 Å². The Balaban J connectivity index is 1.99. The summed E-state index contributed by atoms with van der Waals surface area (Å²) in [6, 6.07) is 1.97. The van der Waals surface area contributed by atoms with Crippen molar-refractivity contribution in [2.45, 2.75) is 45.8 Å². The van der Waals surface area contributed by atoms with E-state index in [0.717, 1.165) is 49.3 Å². The molecule has 0 radical (unpaired) electrons. The lowest BCUT2D eigenvalue weighted by Crippen LogP contribution is -2.33. The van der Waals surface area contributed by atoms with Gasteiger partial charge in [0.05, 0.1) is 12.6 Å². The number of Topliss-reactive ketones (excluding diaryl/α,β-unsaturated/α-hetero) is 1. The molecule has 2 atom stereocenters. The Morgan fingerprint density at radius 3 is 2.82 bits per heavy atom. The minimum atomic E-state index is -0.199. The van der Waals surface area contributed by atoms with Crippen molar-refractivity contribution in [3.05, 3.63) is 35.7 Å². The minimum absolute atomic E-state index is 0.151. The topological polar surface area (TPSA) is 45.5 Å². The van der Waals surface area contributed by atoms with Crippen LogP contribution in [0.5, 0.6) is 0 Å². The van der Waals surface area contributed by atoms with E-state index in [-0.39, 0.29) is 11.9 Å². The van der Waals surface area contributed by atoms with Crippen LogP contribution in [0, 0.1) is 19.8 Å². The van der Waals surface area contributed by atoms with Crippen molar-refractivity contribution in [2.75, 3.05) is 20.1 Å². The van der Waals surface area contributed by atoms with Gasteiger partial charge in [0.25, 0.3) is 0 Å². The summed E-state index contributed by atoms with van der Waals surface area (Å²) in [5, 5.41) is 9.91. The lowest BCUT2D eigenvalue weighted by molar-refractivity contribution is 0.0869. The van der Waals surface area contributed by atoms with E-state index in [1.807, 2.05) is 37.9 Å². The van der Waals surface area contributed by atoms with Crippen molar-refractivity contribution < 1.29 is 9.90 Å². The summed E-state index contributed by atoms with van der Waals surface area (Å²) in [7, 11) is 1.96. The second kappa shape index (κ2) is 7.25. The van der Waals surface area contributed by atoms with Crippen LogP contribution >= 0.6 is 0 Å². The number of aliphatic hydroxyl groups is 1. The lowest BCUT2D eigenvalue weighted by atomic mass is 10.1. The van der Waals surface area contributed by atoms with Crippen molar-refractivity contribution in [3.8, 4) is 0 Å². The fraction of sp³-hybridized carbons (Fsp3) is 0.611. The monoisotopic (exact) mass is 304 g/mol. The number of rotatable bonds is 7. The summed E-state index contributed by atoms with van der Waals surface area (Å²) in [6.45, 7) is 9.70. The van der Waals surface area contributed by atoms with Gasteiger partial charge in [0, 0.05) is 30.0 Å². The van der Waals surface area contributed by atoms with E-state index in [1.54, 1.807) is 0 Å². The number of aryl methyl sites for hydroxylation is 1. The first-order valence-corrected chi connectivity index (χ1v) is 8.11. The Bertz CT molecular complexity index is 548. The molecule has 0 aromatic carbocycles. The highest BCUT2D eigenvalue weighted by Crippen LogP contribution is 2.26. The predicted molar refractivity (Wildman–Crippen MR) is 89.3 cm³/mol. The number of carbonyl (C=O) groups excluding carboxylic acids is 1. The van der Waals surface area contributed by atoms with E-state index in [9.17, 15) is 9.90 Å². The highest BCUT2D eigenvalue weighted by molar-refractivity contribution is 5.99. The molecule has 1 aliphatic carbocycles. The van der Waals surface area contributed by atoms with Gasteiger partial charge in [-0.15, -0.1) is 6.58 Å². The molecule has 1 fully saturated rings. The molecule has 1 aromatic heterocycles. The van der Waals surface area contributed by atoms with Crippen molar-refractivity contribution in [2.24, 2.45) is 5.92 Å². The lowest BCUT2D eigenvalue weighted by Gasteiger charge is -2.22. The maximum atomic E-state index is 12.6. The zero-order valence-electron chi connectivity index (χ0n) is 14.0. The molecule has 4 nitrogen and oxygen atoms in total. The zero-order chi connectivity index (χ0) is 16.3. The second-order valence-electron chi connectivity index (χ2n) is 6.56. The molecule has 0 saturated heterocycles. The van der Waals surface area contributed by atoms with Crippen molar-refractivity contribution in [1.82, 2.24) is 9.47 Å². The first kappa shape index (κ1) is 17.0. The van der Waals surface area contributed by atoms with E-state index in [1.165, 1.54) is 0 Å². The SMILES string of the molecule is C=CCn1c(C)cc(C(=O)CN(C)CC2CCCC2O)c1C. The largest absolute Gasteiger partial charge is 0.393 e. The molecule has 1 aliphatic rings. The van der Waals surface area contributed by atoms with E-state index in [0.29, 0.717) is 12.5 Å². The summed E-state index contributed by atoms with van der Waals surface area (Å²) in [6.07, 6.45) is 4.70. The molecule has 4 heteroatoms. The summed E-state index contributed by atoms with van der Waals surface area (Å²) < 4.78 is 2.11. The van der Waals surface area contributed by atoms with Gasteiger partial charge in [-0.1, -0.05) is 12.5 Å². The average molecular weight is 304 g/mol. The Morgan fingerprint density at radius 2 is 2.23 bits per heavy atom. The normalized spacial score (nSPS) is 21.5. The molecule has 0 amide bonds. The van der Waals surface area contributed by atoms with Gasteiger partial charge in [-0.05, 0) is 45.7 Å². The number of likely N-dealkylation sites (N-methyl/N-ethyl adjacent to an activating group) is 1. The van der Waals surface area contributed by atoms with Crippen LogP contribution in [0.4, 0.5) is 0 Å². The minimum Gasteiger partial charge on any atom is -0.393 e. The number of aliphatic hydroxyl groups excluding tert-OH is 1. The third kappa shape index (κ3) is 3.68. The highest BCUT2D eigenvalue weighted by atomic mass is 16.3. The molecular weight excluding hydrogens is 276 g/mol. The number of aromatic nitrogens is 1. The van der Waals surface area contributed by atoms with Gasteiger partial charge in [0.15, 0.2) is 5.78 Å². The summed E-state index contributed by atoms with van der Waals surface area (Å²) in [5.74, 6) is 0.462. The van der Waals surface area contributed by atoms with Crippen LogP contribution in [0.1, 0.15) is 41.0 Å². The van der Waals surface area contributed by atoms with Gasteiger partial charge < -0.3 is 9.67 Å². The molecule has 0 aliphatic heterocycles. The van der Waals surface area contributed by atoms with Crippen molar-refractivity contribution >= 4 is 5.78 Å². The van der Waals surface area contributed by atoms with Crippen molar-refractivity contribution in [3.63, 3.8) is 0 Å². The predicted octanol–water partition coefficient (Wildman–Crippen LogP) is 2.57. The first-order valence-electron chi connectivity index (χ1n) is 8.11. The molecule has 1 heterocycles. The van der Waals surface area contributed by atoms with Gasteiger partial charge in [-0.25, -0.2) is 0 Å². The maximum absolute atomic E-state index is 12.6. The van der Waals surface area contributed by atoms with Crippen LogP contribution in [0.2, 0.25) is 0 Å². The molecule has 2 rings (SSSR count). The molecule has 122 valence electrons. The fourth-order valence-electron chi connectivity index (χ4n) is 3.52. The Morgan fingerprint density at radius 1 is 1.50 bits per heavy atom. The second-order valence-corrected chi connectivity index (χ2v) is 6.56. The summed E-state index contributed by atoms with van der Waals surface area (Å²) in [4.78, 5) is 14.6. The van der Waals surface area contributed by atoms with E-state index >= 15 is 0 Å². The summed E-state index contributed by atoms with van der Waals surface area (Å²) in [5.41, 5.74) is 2.91. The number of hydrogen-bond acceptors (Lipinski definition) is 3. The molecule has 0 bridgehead atoms. The molecule has 1 aromatic rings. The molecule has 1 saturated carbocycles. The van der Waals surface area contributed by atoms with Gasteiger partial charge >= 0.3 is 0 Å². The third-order valence-electron chi connectivity index (χ3n) is 4.76. The zero-order valence-corrected chi connectivity index (χ0v) is 14.0. The van der Waals surface area contributed by atoms with Gasteiger partial charge in [-0.3, -0.25) is 9.69 Å². The standard InChI is InChI=1S/C18H28N2O2/c1-5-9-20-13(2)10-16(14(20)3)18(22)12-19(4)11-15-7-6-8-17(15)21/h5,10,15,17,21H,1,6-9,11-12H2,2-4H3. The molecular formula is C18H28N2O2. The Labute approximate surface area is 133 Å². The number of allylic oxidation sites excluding steroid dienone is 1. The molecule has 1 N–H and O–H groups in total. The molecule has 2 unspecified atom stereocenters. The fourth-order valence-corrected chi connectivity index (χ4v) is 3.52. The number of ketones is 1. The Hall–Kier alpha value is -1.39. The highest BCUT2D eigenvalue weighted by Gasteiger charge is 2.27. The van der Waals surface area contributed by atoms with Crippen LogP contribution in [0.25, 0.3) is 0 Å². The van der Waals surface area contributed by atoms with Crippen LogP contribution in [-0.4, -0.2) is 46.6 Å². The van der Waals surface area contributed by atoms with E-state index < -0.39 is 0 Å².